The molecule has 1 aliphatic heterocycles. The summed E-state index contributed by atoms with van der Waals surface area (Å²) >= 11 is 3.35. The van der Waals surface area contributed by atoms with Crippen LogP contribution in [0, 0.1) is 23.7 Å². The van der Waals surface area contributed by atoms with Crippen molar-refractivity contribution in [3.63, 3.8) is 0 Å². The van der Waals surface area contributed by atoms with Crippen molar-refractivity contribution in [2.45, 2.75) is 19.3 Å². The van der Waals surface area contributed by atoms with Crippen molar-refractivity contribution in [1.82, 2.24) is 4.98 Å². The zero-order valence-corrected chi connectivity index (χ0v) is 23.5. The molecule has 0 spiro atoms. The Kier molecular flexibility index (Phi) is 6.31. The standard InChI is InChI=1S/C33H25BrN2O5/c34-22-12-10-18(11-13-22)28(37)17-41-33(40)25-16-27(35-26-7-2-1-6-24(25)26)19-4-3-5-23(15-19)36-31(38)29-20-8-9-21(14-20)30(29)32(36)39/h1-7,10-13,15-16,20-21,29-30H,8-9,14,17H2. The third-order valence-electron chi connectivity index (χ3n) is 8.76. The van der Waals surface area contributed by atoms with Crippen LogP contribution in [0.4, 0.5) is 5.69 Å². The smallest absolute Gasteiger partial charge is 0.339 e. The fourth-order valence-electron chi connectivity index (χ4n) is 6.89. The summed E-state index contributed by atoms with van der Waals surface area (Å²) in [6.07, 6.45) is 3.02. The highest BCUT2D eigenvalue weighted by molar-refractivity contribution is 9.10. The molecular formula is C33H25BrN2O5. The zero-order valence-electron chi connectivity index (χ0n) is 22.0. The Labute approximate surface area is 244 Å². The maximum atomic E-state index is 13.4. The van der Waals surface area contributed by atoms with Gasteiger partial charge in [0.05, 0.1) is 34.3 Å². The van der Waals surface area contributed by atoms with Crippen LogP contribution in [0.5, 0.6) is 0 Å². The number of ketones is 1. The van der Waals surface area contributed by atoms with E-state index in [1.54, 1.807) is 60.7 Å². The van der Waals surface area contributed by atoms with E-state index in [0.717, 1.165) is 23.7 Å². The number of aromatic nitrogens is 1. The Morgan fingerprint density at radius 2 is 1.59 bits per heavy atom. The second kappa shape index (κ2) is 10.0. The van der Waals surface area contributed by atoms with Gasteiger partial charge < -0.3 is 4.74 Å². The summed E-state index contributed by atoms with van der Waals surface area (Å²) in [7, 11) is 0. The van der Waals surface area contributed by atoms with E-state index in [9.17, 15) is 19.2 Å². The second-order valence-electron chi connectivity index (χ2n) is 11.0. The fraction of sp³-hybridized carbons (Fsp3) is 0.242. The highest BCUT2D eigenvalue weighted by Gasteiger charge is 2.61. The van der Waals surface area contributed by atoms with Gasteiger partial charge in [0.1, 0.15) is 0 Å². The van der Waals surface area contributed by atoms with E-state index in [-0.39, 0.29) is 35.0 Å². The summed E-state index contributed by atoms with van der Waals surface area (Å²) in [6, 6.07) is 22.9. The van der Waals surface area contributed by atoms with Crippen LogP contribution < -0.4 is 4.90 Å². The molecule has 4 aromatic rings. The van der Waals surface area contributed by atoms with Crippen LogP contribution in [-0.4, -0.2) is 35.2 Å². The molecule has 3 fully saturated rings. The lowest BCUT2D eigenvalue weighted by atomic mass is 9.81. The Balaban J connectivity index is 1.19. The first-order chi connectivity index (χ1) is 19.9. The average Bonchev–Trinajstić information content (AvgIpc) is 3.69. The Hall–Kier alpha value is -4.17. The second-order valence-corrected chi connectivity index (χ2v) is 11.9. The van der Waals surface area contributed by atoms with Crippen LogP contribution in [0.15, 0.2) is 83.3 Å². The quantitative estimate of drug-likeness (QED) is 0.146. The van der Waals surface area contributed by atoms with Crippen molar-refractivity contribution in [2.24, 2.45) is 23.7 Å². The minimum absolute atomic E-state index is 0.101. The van der Waals surface area contributed by atoms with Crippen molar-refractivity contribution in [1.29, 1.82) is 0 Å². The lowest BCUT2D eigenvalue weighted by Gasteiger charge is -2.19. The highest BCUT2D eigenvalue weighted by Crippen LogP contribution is 2.56. The van der Waals surface area contributed by atoms with Gasteiger partial charge in [0.2, 0.25) is 11.8 Å². The van der Waals surface area contributed by atoms with Gasteiger partial charge in [-0.1, -0.05) is 58.4 Å². The topological polar surface area (TPSA) is 93.6 Å². The van der Waals surface area contributed by atoms with Gasteiger partial charge in [-0.05, 0) is 67.5 Å². The number of benzene rings is 3. The van der Waals surface area contributed by atoms with E-state index in [4.69, 9.17) is 9.72 Å². The molecule has 0 N–H and O–H groups in total. The Bertz CT molecular complexity index is 1720. The normalized spacial score (nSPS) is 22.8. The maximum Gasteiger partial charge on any atom is 0.339 e. The number of para-hydroxylation sites is 1. The number of nitrogens with zero attached hydrogens (tertiary/aromatic N) is 2. The molecule has 41 heavy (non-hydrogen) atoms. The van der Waals surface area contributed by atoms with Gasteiger partial charge >= 0.3 is 5.97 Å². The van der Waals surface area contributed by atoms with Gasteiger partial charge in [-0.15, -0.1) is 0 Å². The first kappa shape index (κ1) is 25.8. The van der Waals surface area contributed by atoms with E-state index in [0.29, 0.717) is 45.2 Å². The number of imide groups is 1. The number of fused-ring (bicyclic) bond motifs is 6. The molecule has 1 saturated heterocycles. The molecule has 2 saturated carbocycles. The summed E-state index contributed by atoms with van der Waals surface area (Å²) in [4.78, 5) is 58.8. The molecule has 7 rings (SSSR count). The number of rotatable bonds is 6. The summed E-state index contributed by atoms with van der Waals surface area (Å²) in [5.74, 6) is -0.946. The van der Waals surface area contributed by atoms with Crippen LogP contribution >= 0.6 is 15.9 Å². The summed E-state index contributed by atoms with van der Waals surface area (Å²) in [5, 5.41) is 0.599. The lowest BCUT2D eigenvalue weighted by molar-refractivity contribution is -0.123. The van der Waals surface area contributed by atoms with Crippen LogP contribution in [0.3, 0.4) is 0 Å². The number of halogens is 1. The number of anilines is 1. The van der Waals surface area contributed by atoms with E-state index >= 15 is 0 Å². The SMILES string of the molecule is O=C(COC(=O)c1cc(-c2cccc(N3C(=O)C4C5CCC(C5)C4C3=O)c2)nc2ccccc12)c1ccc(Br)cc1. The molecule has 204 valence electrons. The predicted molar refractivity (Wildman–Crippen MR) is 156 cm³/mol. The highest BCUT2D eigenvalue weighted by atomic mass is 79.9. The van der Waals surface area contributed by atoms with Crippen molar-refractivity contribution >= 4 is 56.1 Å². The van der Waals surface area contributed by atoms with Gasteiger partial charge in [0.25, 0.3) is 0 Å². The molecule has 2 heterocycles. The van der Waals surface area contributed by atoms with Crippen molar-refractivity contribution in [3.05, 3.63) is 94.5 Å². The van der Waals surface area contributed by atoms with Gasteiger partial charge in [-0.25, -0.2) is 9.78 Å². The summed E-state index contributed by atoms with van der Waals surface area (Å²) in [6.45, 7) is -0.397. The molecule has 2 aliphatic carbocycles. The average molecular weight is 609 g/mol. The van der Waals surface area contributed by atoms with Crippen LogP contribution in [0.1, 0.15) is 40.0 Å². The number of hydrogen-bond acceptors (Lipinski definition) is 6. The van der Waals surface area contributed by atoms with Gasteiger partial charge in [-0.3, -0.25) is 19.3 Å². The lowest BCUT2D eigenvalue weighted by Crippen LogP contribution is -2.32. The molecule has 4 atom stereocenters. The number of pyridine rings is 1. The van der Waals surface area contributed by atoms with Crippen LogP contribution in [-0.2, 0) is 14.3 Å². The molecule has 8 heteroatoms. The van der Waals surface area contributed by atoms with Crippen molar-refractivity contribution < 1.29 is 23.9 Å². The molecule has 2 bridgehead atoms. The minimum Gasteiger partial charge on any atom is -0.454 e. The zero-order chi connectivity index (χ0) is 28.2. The van der Waals surface area contributed by atoms with Gasteiger partial charge in [0.15, 0.2) is 12.4 Å². The molecular weight excluding hydrogens is 584 g/mol. The van der Waals surface area contributed by atoms with Crippen LogP contribution in [0.25, 0.3) is 22.2 Å². The van der Waals surface area contributed by atoms with Crippen molar-refractivity contribution in [2.75, 3.05) is 11.5 Å². The van der Waals surface area contributed by atoms with E-state index in [1.807, 2.05) is 18.2 Å². The molecule has 0 radical (unpaired) electrons. The minimum atomic E-state index is -0.639. The number of Topliss-reactive ketones (excluding diaryl/α,β-unsaturated/α-hetero) is 1. The third-order valence-corrected chi connectivity index (χ3v) is 9.29. The largest absolute Gasteiger partial charge is 0.454 e. The fourth-order valence-corrected chi connectivity index (χ4v) is 7.15. The number of esters is 1. The third kappa shape index (κ3) is 4.37. The van der Waals surface area contributed by atoms with E-state index in [1.165, 1.54) is 4.90 Å². The molecule has 3 aromatic carbocycles. The number of hydrogen-bond donors (Lipinski definition) is 0. The van der Waals surface area contributed by atoms with E-state index < -0.39 is 12.6 Å². The van der Waals surface area contributed by atoms with Gasteiger partial charge in [-0.2, -0.15) is 0 Å². The first-order valence-electron chi connectivity index (χ1n) is 13.7. The molecule has 3 aliphatic rings. The molecule has 2 amide bonds. The van der Waals surface area contributed by atoms with Gasteiger partial charge in [0, 0.05) is 21.0 Å². The number of carbonyl (C=O) groups is 4. The first-order valence-corrected chi connectivity index (χ1v) is 14.5. The summed E-state index contributed by atoms with van der Waals surface area (Å²) < 4.78 is 6.30. The van der Waals surface area contributed by atoms with Crippen molar-refractivity contribution in [3.8, 4) is 11.3 Å². The predicted octanol–water partition coefficient (Wildman–Crippen LogP) is 6.24. The Morgan fingerprint density at radius 3 is 2.32 bits per heavy atom. The number of amides is 2. The number of ether oxygens (including phenoxy) is 1. The van der Waals surface area contributed by atoms with Crippen LogP contribution in [0.2, 0.25) is 0 Å². The van der Waals surface area contributed by atoms with E-state index in [2.05, 4.69) is 15.9 Å². The molecule has 4 unspecified atom stereocenters. The Morgan fingerprint density at radius 1 is 0.878 bits per heavy atom. The monoisotopic (exact) mass is 608 g/mol. The summed E-state index contributed by atoms with van der Waals surface area (Å²) in [5.41, 5.74) is 2.98. The molecule has 1 aromatic heterocycles. The number of carbonyl (C=O) groups excluding carboxylic acids is 4. The maximum absolute atomic E-state index is 13.4. The molecule has 7 nitrogen and oxygen atoms in total.